The van der Waals surface area contributed by atoms with Crippen LogP contribution in [0.2, 0.25) is 0 Å². The van der Waals surface area contributed by atoms with Crippen molar-refractivity contribution in [2.75, 3.05) is 18.1 Å². The molecule has 1 saturated carbocycles. The van der Waals surface area contributed by atoms with E-state index < -0.39 is 0 Å². The molecule has 18 heavy (non-hydrogen) atoms. The third kappa shape index (κ3) is 3.20. The van der Waals surface area contributed by atoms with Gasteiger partial charge < -0.3 is 5.32 Å². The Morgan fingerprint density at radius 2 is 1.89 bits per heavy atom. The van der Waals surface area contributed by atoms with Gasteiger partial charge in [-0.15, -0.1) is 0 Å². The molecule has 2 rings (SSSR count). The van der Waals surface area contributed by atoms with E-state index in [-0.39, 0.29) is 0 Å². The minimum atomic E-state index is 0.409. The highest BCUT2D eigenvalue weighted by molar-refractivity contribution is 8.00. The molecule has 3 heteroatoms. The molecule has 0 bridgehead atoms. The number of nitriles is 1. The molecule has 1 aliphatic carbocycles. The molecule has 0 atom stereocenters. The molecular formula is C15H20N2S. The van der Waals surface area contributed by atoms with E-state index >= 15 is 0 Å². The van der Waals surface area contributed by atoms with Crippen LogP contribution in [0.1, 0.15) is 37.7 Å². The molecule has 1 aromatic carbocycles. The lowest BCUT2D eigenvalue weighted by Crippen LogP contribution is -2.35. The summed E-state index contributed by atoms with van der Waals surface area (Å²) in [5.41, 5.74) is 1.84. The second-order valence-electron chi connectivity index (χ2n) is 4.99. The van der Waals surface area contributed by atoms with Gasteiger partial charge in [-0.25, -0.2) is 0 Å². The second kappa shape index (κ2) is 6.15. The van der Waals surface area contributed by atoms with Crippen molar-refractivity contribution in [3.63, 3.8) is 0 Å². The van der Waals surface area contributed by atoms with Gasteiger partial charge in [-0.1, -0.05) is 19.3 Å². The molecular weight excluding hydrogens is 240 g/mol. The molecule has 0 aromatic heterocycles. The molecule has 1 aromatic rings. The van der Waals surface area contributed by atoms with Crippen molar-refractivity contribution in [1.29, 1.82) is 5.26 Å². The standard InChI is InChI=1S/C15H20N2S/c1-18-15(9-3-2-4-10-15)12-17-14-7-5-13(11-16)6-8-14/h5-8,17H,2-4,9-10,12H2,1H3. The third-order valence-electron chi connectivity index (χ3n) is 3.83. The predicted octanol–water partition coefficient (Wildman–Crippen LogP) is 4.04. The molecule has 1 aliphatic rings. The van der Waals surface area contributed by atoms with Gasteiger partial charge in [-0.2, -0.15) is 17.0 Å². The van der Waals surface area contributed by atoms with E-state index in [0.29, 0.717) is 4.75 Å². The van der Waals surface area contributed by atoms with Gasteiger partial charge in [-0.3, -0.25) is 0 Å². The fourth-order valence-corrected chi connectivity index (χ4v) is 3.49. The number of nitrogens with one attached hydrogen (secondary N) is 1. The van der Waals surface area contributed by atoms with Crippen LogP contribution in [0, 0.1) is 11.3 Å². The number of nitrogens with zero attached hydrogens (tertiary/aromatic N) is 1. The Kier molecular flexibility index (Phi) is 4.54. The zero-order valence-electron chi connectivity index (χ0n) is 10.9. The summed E-state index contributed by atoms with van der Waals surface area (Å²) in [6.45, 7) is 1.03. The fraction of sp³-hybridized carbons (Fsp3) is 0.533. The van der Waals surface area contributed by atoms with E-state index in [2.05, 4.69) is 17.6 Å². The van der Waals surface area contributed by atoms with E-state index in [0.717, 1.165) is 17.8 Å². The lowest BCUT2D eigenvalue weighted by Gasteiger charge is -2.36. The second-order valence-corrected chi connectivity index (χ2v) is 6.26. The summed E-state index contributed by atoms with van der Waals surface area (Å²) < 4.78 is 0.409. The first kappa shape index (κ1) is 13.3. The highest BCUT2D eigenvalue weighted by Gasteiger charge is 2.30. The molecule has 0 spiro atoms. The van der Waals surface area contributed by atoms with E-state index in [9.17, 15) is 0 Å². The molecule has 0 amide bonds. The summed E-state index contributed by atoms with van der Waals surface area (Å²) in [5, 5.41) is 12.3. The largest absolute Gasteiger partial charge is 0.384 e. The fourth-order valence-electron chi connectivity index (χ4n) is 2.57. The number of anilines is 1. The molecule has 0 heterocycles. The van der Waals surface area contributed by atoms with Crippen LogP contribution in [0.3, 0.4) is 0 Å². The summed E-state index contributed by atoms with van der Waals surface area (Å²) >= 11 is 2.01. The Bertz CT molecular complexity index is 413. The lowest BCUT2D eigenvalue weighted by molar-refractivity contribution is 0.411. The van der Waals surface area contributed by atoms with Gasteiger partial charge in [-0.05, 0) is 43.4 Å². The van der Waals surface area contributed by atoms with Gasteiger partial charge in [0.05, 0.1) is 11.6 Å². The minimum Gasteiger partial charge on any atom is -0.384 e. The van der Waals surface area contributed by atoms with E-state index in [1.54, 1.807) is 0 Å². The van der Waals surface area contributed by atoms with Crippen LogP contribution in [-0.4, -0.2) is 17.5 Å². The van der Waals surface area contributed by atoms with Gasteiger partial charge in [0, 0.05) is 17.0 Å². The topological polar surface area (TPSA) is 35.8 Å². The van der Waals surface area contributed by atoms with Crippen molar-refractivity contribution in [1.82, 2.24) is 0 Å². The maximum absolute atomic E-state index is 8.77. The zero-order valence-corrected chi connectivity index (χ0v) is 11.7. The van der Waals surface area contributed by atoms with Gasteiger partial charge in [0.25, 0.3) is 0 Å². The number of rotatable bonds is 4. The zero-order chi connectivity index (χ0) is 12.8. The van der Waals surface area contributed by atoms with Crippen LogP contribution < -0.4 is 5.32 Å². The van der Waals surface area contributed by atoms with Gasteiger partial charge in [0.2, 0.25) is 0 Å². The molecule has 0 radical (unpaired) electrons. The first-order valence-corrected chi connectivity index (χ1v) is 7.80. The summed E-state index contributed by atoms with van der Waals surface area (Å²) in [7, 11) is 0. The smallest absolute Gasteiger partial charge is 0.0991 e. The molecule has 1 N–H and O–H groups in total. The average Bonchev–Trinajstić information content (AvgIpc) is 2.47. The molecule has 96 valence electrons. The van der Waals surface area contributed by atoms with Crippen LogP contribution in [0.4, 0.5) is 5.69 Å². The van der Waals surface area contributed by atoms with Crippen LogP contribution in [-0.2, 0) is 0 Å². The Morgan fingerprint density at radius 3 is 2.44 bits per heavy atom. The monoisotopic (exact) mass is 260 g/mol. The molecule has 1 fully saturated rings. The predicted molar refractivity (Wildman–Crippen MR) is 79.0 cm³/mol. The van der Waals surface area contributed by atoms with Crippen LogP contribution in [0.15, 0.2) is 24.3 Å². The highest BCUT2D eigenvalue weighted by Crippen LogP contribution is 2.38. The lowest BCUT2D eigenvalue weighted by atomic mass is 9.88. The van der Waals surface area contributed by atoms with Crippen molar-refractivity contribution < 1.29 is 0 Å². The van der Waals surface area contributed by atoms with Crippen molar-refractivity contribution in [3.8, 4) is 6.07 Å². The molecule has 0 saturated heterocycles. The summed E-state index contributed by atoms with van der Waals surface area (Å²) in [6.07, 6.45) is 8.96. The molecule has 2 nitrogen and oxygen atoms in total. The van der Waals surface area contributed by atoms with Crippen molar-refractivity contribution in [2.45, 2.75) is 36.9 Å². The maximum Gasteiger partial charge on any atom is 0.0991 e. The van der Waals surface area contributed by atoms with Crippen molar-refractivity contribution in [2.24, 2.45) is 0 Å². The van der Waals surface area contributed by atoms with E-state index in [1.807, 2.05) is 36.0 Å². The van der Waals surface area contributed by atoms with Gasteiger partial charge in [0.1, 0.15) is 0 Å². The Balaban J connectivity index is 1.94. The Morgan fingerprint density at radius 1 is 1.22 bits per heavy atom. The Labute approximate surface area is 114 Å². The number of benzene rings is 1. The van der Waals surface area contributed by atoms with E-state index in [1.165, 1.54) is 32.1 Å². The Hall–Kier alpha value is -1.14. The first-order valence-electron chi connectivity index (χ1n) is 6.57. The molecule has 0 aliphatic heterocycles. The quantitative estimate of drug-likeness (QED) is 0.887. The van der Waals surface area contributed by atoms with Gasteiger partial charge in [0.15, 0.2) is 0 Å². The van der Waals surface area contributed by atoms with Crippen molar-refractivity contribution >= 4 is 17.4 Å². The number of hydrogen-bond donors (Lipinski definition) is 1. The summed E-state index contributed by atoms with van der Waals surface area (Å²) in [5.74, 6) is 0. The summed E-state index contributed by atoms with van der Waals surface area (Å²) in [6, 6.07) is 9.88. The average molecular weight is 260 g/mol. The maximum atomic E-state index is 8.77. The summed E-state index contributed by atoms with van der Waals surface area (Å²) in [4.78, 5) is 0. The number of hydrogen-bond acceptors (Lipinski definition) is 3. The molecule has 0 unspecified atom stereocenters. The first-order chi connectivity index (χ1) is 8.78. The van der Waals surface area contributed by atoms with Gasteiger partial charge >= 0.3 is 0 Å². The minimum absolute atomic E-state index is 0.409. The van der Waals surface area contributed by atoms with Crippen LogP contribution >= 0.6 is 11.8 Å². The van der Waals surface area contributed by atoms with Crippen LogP contribution in [0.25, 0.3) is 0 Å². The van der Waals surface area contributed by atoms with E-state index in [4.69, 9.17) is 5.26 Å². The normalized spacial score (nSPS) is 18.0. The van der Waals surface area contributed by atoms with Crippen molar-refractivity contribution in [3.05, 3.63) is 29.8 Å². The third-order valence-corrected chi connectivity index (χ3v) is 5.25. The van der Waals surface area contributed by atoms with Crippen LogP contribution in [0.5, 0.6) is 0 Å². The number of thioether (sulfide) groups is 1. The SMILES string of the molecule is CSC1(CNc2ccc(C#N)cc2)CCCCC1. The highest BCUT2D eigenvalue weighted by atomic mass is 32.2.